The molecule has 1 N–H and O–H groups in total. The van der Waals surface area contributed by atoms with Gasteiger partial charge in [-0.05, 0) is 59.1 Å². The molecular weight excluding hydrogens is 310 g/mol. The summed E-state index contributed by atoms with van der Waals surface area (Å²) < 4.78 is 0.915. The molecule has 0 amide bonds. The van der Waals surface area contributed by atoms with Crippen LogP contribution >= 0.6 is 27.5 Å². The van der Waals surface area contributed by atoms with Gasteiger partial charge in [0.2, 0.25) is 0 Å². The lowest BCUT2D eigenvalue weighted by Gasteiger charge is -2.18. The molecule has 0 radical (unpaired) electrons. The Kier molecular flexibility index (Phi) is 4.31. The van der Waals surface area contributed by atoms with Crippen LogP contribution in [0.3, 0.4) is 0 Å². The number of rotatable bonds is 3. The van der Waals surface area contributed by atoms with Gasteiger partial charge in [0.15, 0.2) is 0 Å². The van der Waals surface area contributed by atoms with E-state index in [0.717, 1.165) is 15.2 Å². The minimum Gasteiger partial charge on any atom is -0.378 e. The zero-order valence-electron chi connectivity index (χ0n) is 10.4. The van der Waals surface area contributed by atoms with E-state index in [-0.39, 0.29) is 6.04 Å². The highest BCUT2D eigenvalue weighted by atomic mass is 79.9. The van der Waals surface area contributed by atoms with Crippen molar-refractivity contribution in [3.63, 3.8) is 0 Å². The Labute approximate surface area is 121 Å². The second kappa shape index (κ2) is 5.77. The second-order valence-electron chi connectivity index (χ2n) is 4.35. The van der Waals surface area contributed by atoms with Gasteiger partial charge in [0.25, 0.3) is 0 Å². The van der Waals surface area contributed by atoms with Gasteiger partial charge < -0.3 is 5.32 Å². The first-order chi connectivity index (χ1) is 8.58. The molecule has 2 rings (SSSR count). The highest BCUT2D eigenvalue weighted by Crippen LogP contribution is 2.28. The maximum Gasteiger partial charge on any atom is 0.0568 e. The van der Waals surface area contributed by atoms with Crippen molar-refractivity contribution in [2.24, 2.45) is 0 Å². The molecule has 3 heteroatoms. The molecule has 1 nitrogen and oxygen atoms in total. The van der Waals surface area contributed by atoms with Gasteiger partial charge in [0, 0.05) is 16.2 Å². The summed E-state index contributed by atoms with van der Waals surface area (Å²) in [6.45, 7) is 4.28. The van der Waals surface area contributed by atoms with Gasteiger partial charge in [-0.3, -0.25) is 0 Å². The average Bonchev–Trinajstić information content (AvgIpc) is 2.34. The van der Waals surface area contributed by atoms with Crippen LogP contribution in [0.4, 0.5) is 5.69 Å². The molecule has 0 saturated heterocycles. The van der Waals surface area contributed by atoms with Crippen molar-refractivity contribution in [3.8, 4) is 0 Å². The first-order valence-electron chi connectivity index (χ1n) is 5.85. The van der Waals surface area contributed by atoms with Gasteiger partial charge in [0.1, 0.15) is 0 Å². The standard InChI is InChI=1S/C15H15BrClN/c1-10-5-3-4-6-13(10)11(2)18-12-7-8-14(16)15(17)9-12/h3-9,11,18H,1-2H3. The third-order valence-corrected chi connectivity index (χ3v) is 4.19. The zero-order chi connectivity index (χ0) is 13.1. The Bertz CT molecular complexity index is 554. The largest absolute Gasteiger partial charge is 0.378 e. The molecule has 2 aromatic carbocycles. The van der Waals surface area contributed by atoms with E-state index in [0.29, 0.717) is 0 Å². The summed E-state index contributed by atoms with van der Waals surface area (Å²) in [6.07, 6.45) is 0. The van der Waals surface area contributed by atoms with Crippen LogP contribution in [-0.4, -0.2) is 0 Å². The van der Waals surface area contributed by atoms with E-state index in [2.05, 4.69) is 59.4 Å². The summed E-state index contributed by atoms with van der Waals surface area (Å²) in [5, 5.41) is 4.18. The van der Waals surface area contributed by atoms with Crippen LogP contribution in [0.2, 0.25) is 5.02 Å². The fourth-order valence-corrected chi connectivity index (χ4v) is 2.41. The van der Waals surface area contributed by atoms with Crippen LogP contribution in [-0.2, 0) is 0 Å². The van der Waals surface area contributed by atoms with E-state index >= 15 is 0 Å². The minimum absolute atomic E-state index is 0.253. The number of halogens is 2. The van der Waals surface area contributed by atoms with Gasteiger partial charge in [-0.15, -0.1) is 0 Å². The number of nitrogens with one attached hydrogen (secondary N) is 1. The van der Waals surface area contributed by atoms with Crippen LogP contribution < -0.4 is 5.32 Å². The average molecular weight is 325 g/mol. The molecule has 0 saturated carbocycles. The van der Waals surface area contributed by atoms with Gasteiger partial charge in [0.05, 0.1) is 5.02 Å². The Balaban J connectivity index is 2.19. The SMILES string of the molecule is Cc1ccccc1C(C)Nc1ccc(Br)c(Cl)c1. The third-order valence-electron chi connectivity index (χ3n) is 2.96. The van der Waals surface area contributed by atoms with Crippen molar-refractivity contribution >= 4 is 33.2 Å². The highest BCUT2D eigenvalue weighted by Gasteiger charge is 2.08. The maximum atomic E-state index is 6.09. The van der Waals surface area contributed by atoms with Crippen molar-refractivity contribution in [3.05, 3.63) is 63.1 Å². The fraction of sp³-hybridized carbons (Fsp3) is 0.200. The van der Waals surface area contributed by atoms with Crippen molar-refractivity contribution in [1.29, 1.82) is 0 Å². The molecular formula is C15H15BrClN. The van der Waals surface area contributed by atoms with E-state index in [1.807, 2.05) is 18.2 Å². The highest BCUT2D eigenvalue weighted by molar-refractivity contribution is 9.10. The molecule has 18 heavy (non-hydrogen) atoms. The van der Waals surface area contributed by atoms with Gasteiger partial charge in [-0.1, -0.05) is 35.9 Å². The van der Waals surface area contributed by atoms with Gasteiger partial charge in [-0.2, -0.15) is 0 Å². The van der Waals surface area contributed by atoms with E-state index < -0.39 is 0 Å². The van der Waals surface area contributed by atoms with Crippen LogP contribution in [0.5, 0.6) is 0 Å². The number of benzene rings is 2. The summed E-state index contributed by atoms with van der Waals surface area (Å²) in [5.41, 5.74) is 3.62. The molecule has 0 spiro atoms. The van der Waals surface area contributed by atoms with Crippen molar-refractivity contribution in [1.82, 2.24) is 0 Å². The predicted octanol–water partition coefficient (Wildman–Crippen LogP) is 5.58. The lowest BCUT2D eigenvalue weighted by Crippen LogP contribution is -2.07. The second-order valence-corrected chi connectivity index (χ2v) is 5.61. The van der Waals surface area contributed by atoms with E-state index in [4.69, 9.17) is 11.6 Å². The predicted molar refractivity (Wildman–Crippen MR) is 82.4 cm³/mol. The molecule has 0 aromatic heterocycles. The van der Waals surface area contributed by atoms with Crippen molar-refractivity contribution in [2.45, 2.75) is 19.9 Å². The molecule has 0 aliphatic carbocycles. The first-order valence-corrected chi connectivity index (χ1v) is 7.02. The lowest BCUT2D eigenvalue weighted by atomic mass is 10.0. The summed E-state index contributed by atoms with van der Waals surface area (Å²) in [7, 11) is 0. The number of hydrogen-bond donors (Lipinski definition) is 1. The van der Waals surface area contributed by atoms with Crippen LogP contribution in [0.1, 0.15) is 24.1 Å². The molecule has 1 unspecified atom stereocenters. The molecule has 0 aliphatic heterocycles. The molecule has 0 aliphatic rings. The Hall–Kier alpha value is -0.990. The first kappa shape index (κ1) is 13.4. The third kappa shape index (κ3) is 3.06. The molecule has 1 atom stereocenters. The van der Waals surface area contributed by atoms with Gasteiger partial charge >= 0.3 is 0 Å². The minimum atomic E-state index is 0.253. The van der Waals surface area contributed by atoms with Crippen molar-refractivity contribution < 1.29 is 0 Å². The van der Waals surface area contributed by atoms with Crippen LogP contribution in [0, 0.1) is 6.92 Å². The van der Waals surface area contributed by atoms with E-state index in [1.165, 1.54) is 11.1 Å². The Morgan fingerprint density at radius 3 is 2.56 bits per heavy atom. The molecule has 0 bridgehead atoms. The van der Waals surface area contributed by atoms with E-state index in [9.17, 15) is 0 Å². The Morgan fingerprint density at radius 2 is 1.89 bits per heavy atom. The Morgan fingerprint density at radius 1 is 1.17 bits per heavy atom. The normalized spacial score (nSPS) is 12.2. The summed E-state index contributed by atoms with van der Waals surface area (Å²) in [5.74, 6) is 0. The number of hydrogen-bond acceptors (Lipinski definition) is 1. The molecule has 0 fully saturated rings. The fourth-order valence-electron chi connectivity index (χ4n) is 1.99. The molecule has 2 aromatic rings. The topological polar surface area (TPSA) is 12.0 Å². The lowest BCUT2D eigenvalue weighted by molar-refractivity contribution is 0.874. The quantitative estimate of drug-likeness (QED) is 0.776. The smallest absolute Gasteiger partial charge is 0.0568 e. The van der Waals surface area contributed by atoms with Crippen LogP contribution in [0.15, 0.2) is 46.9 Å². The molecule has 0 heterocycles. The number of aryl methyl sites for hydroxylation is 1. The number of anilines is 1. The summed E-state index contributed by atoms with van der Waals surface area (Å²) >= 11 is 9.48. The summed E-state index contributed by atoms with van der Waals surface area (Å²) in [4.78, 5) is 0. The van der Waals surface area contributed by atoms with Crippen LogP contribution in [0.25, 0.3) is 0 Å². The van der Waals surface area contributed by atoms with Gasteiger partial charge in [-0.25, -0.2) is 0 Å². The summed E-state index contributed by atoms with van der Waals surface area (Å²) in [6, 6.07) is 14.6. The van der Waals surface area contributed by atoms with E-state index in [1.54, 1.807) is 0 Å². The van der Waals surface area contributed by atoms with Crippen molar-refractivity contribution in [2.75, 3.05) is 5.32 Å². The molecule has 94 valence electrons. The monoisotopic (exact) mass is 323 g/mol. The zero-order valence-corrected chi connectivity index (χ0v) is 12.7. The maximum absolute atomic E-state index is 6.09.